The summed E-state index contributed by atoms with van der Waals surface area (Å²) in [6.07, 6.45) is 3.49. The van der Waals surface area contributed by atoms with Gasteiger partial charge in [0.1, 0.15) is 0 Å². The molecule has 0 N–H and O–H groups in total. The minimum atomic E-state index is -2.52. The van der Waals surface area contributed by atoms with Crippen LogP contribution < -0.4 is 0 Å². The second kappa shape index (κ2) is 3.48. The van der Waals surface area contributed by atoms with Gasteiger partial charge in [-0.05, 0) is 24.1 Å². The van der Waals surface area contributed by atoms with Crippen LogP contribution in [0.5, 0.6) is 0 Å². The number of rotatable bonds is 1. The van der Waals surface area contributed by atoms with E-state index >= 15 is 0 Å². The van der Waals surface area contributed by atoms with Gasteiger partial charge in [0.2, 0.25) is 0 Å². The molecule has 0 fully saturated rings. The molecule has 14 heavy (non-hydrogen) atoms. The van der Waals surface area contributed by atoms with Gasteiger partial charge in [-0.2, -0.15) is 0 Å². The molecule has 0 aromatic carbocycles. The van der Waals surface area contributed by atoms with Crippen molar-refractivity contribution in [3.05, 3.63) is 36.2 Å². The highest BCUT2D eigenvalue weighted by molar-refractivity contribution is 5.63. The summed E-state index contributed by atoms with van der Waals surface area (Å²) in [4.78, 5) is 4.14. The first kappa shape index (κ1) is 9.31. The zero-order chi connectivity index (χ0) is 10.0. The molecule has 1 aliphatic rings. The summed E-state index contributed by atoms with van der Waals surface area (Å²) in [5.41, 5.74) is 1.76. The van der Waals surface area contributed by atoms with Crippen LogP contribution >= 0.6 is 0 Å². The van der Waals surface area contributed by atoms with Crippen molar-refractivity contribution in [2.24, 2.45) is 0 Å². The Morgan fingerprint density at radius 1 is 1.29 bits per heavy atom. The molecule has 0 radical (unpaired) electrons. The molecule has 0 saturated carbocycles. The Hall–Kier alpha value is -1.25. The first-order valence-corrected chi connectivity index (χ1v) is 4.66. The third kappa shape index (κ3) is 1.97. The van der Waals surface area contributed by atoms with Crippen LogP contribution in [0, 0.1) is 0 Å². The average Bonchev–Trinajstić information content (AvgIpc) is 2.19. The summed E-state index contributed by atoms with van der Waals surface area (Å²) in [6, 6.07) is 5.55. The third-order valence-corrected chi connectivity index (χ3v) is 2.40. The molecular weight excluding hydrogens is 184 g/mol. The van der Waals surface area contributed by atoms with Gasteiger partial charge in [0.25, 0.3) is 5.92 Å². The highest BCUT2D eigenvalue weighted by atomic mass is 19.3. The van der Waals surface area contributed by atoms with Gasteiger partial charge in [0, 0.05) is 19.0 Å². The van der Waals surface area contributed by atoms with Crippen LogP contribution in [0.4, 0.5) is 8.78 Å². The Bertz CT molecular complexity index is 344. The van der Waals surface area contributed by atoms with Crippen LogP contribution in [-0.4, -0.2) is 10.9 Å². The Morgan fingerprint density at radius 2 is 2.14 bits per heavy atom. The van der Waals surface area contributed by atoms with Gasteiger partial charge in [0.15, 0.2) is 0 Å². The van der Waals surface area contributed by atoms with Crippen molar-refractivity contribution in [1.29, 1.82) is 0 Å². The fourth-order valence-corrected chi connectivity index (χ4v) is 1.58. The molecule has 74 valence electrons. The van der Waals surface area contributed by atoms with Crippen LogP contribution in [0.25, 0.3) is 5.57 Å². The van der Waals surface area contributed by atoms with Crippen LogP contribution in [0.3, 0.4) is 0 Å². The molecule has 3 heteroatoms. The van der Waals surface area contributed by atoms with Crippen LogP contribution in [0.1, 0.15) is 25.0 Å². The minimum absolute atomic E-state index is 0.0601. The lowest BCUT2D eigenvalue weighted by molar-refractivity contribution is -0.00605. The van der Waals surface area contributed by atoms with E-state index in [1.54, 1.807) is 12.3 Å². The average molecular weight is 195 g/mol. The number of halogens is 2. The SMILES string of the molecule is FC1(F)CC=C(c2ccccn2)CC1. The lowest BCUT2D eigenvalue weighted by Crippen LogP contribution is -2.18. The van der Waals surface area contributed by atoms with E-state index in [0.717, 1.165) is 11.3 Å². The third-order valence-electron chi connectivity index (χ3n) is 2.40. The molecule has 1 aliphatic carbocycles. The molecule has 0 saturated heterocycles. The van der Waals surface area contributed by atoms with Crippen molar-refractivity contribution in [2.45, 2.75) is 25.2 Å². The van der Waals surface area contributed by atoms with Gasteiger partial charge in [-0.3, -0.25) is 4.98 Å². The smallest absolute Gasteiger partial charge is 0.251 e. The number of aromatic nitrogens is 1. The normalized spacial score (nSPS) is 20.3. The first-order valence-electron chi connectivity index (χ1n) is 4.66. The summed E-state index contributed by atoms with van der Waals surface area (Å²) in [6.45, 7) is 0. The van der Waals surface area contributed by atoms with Crippen molar-refractivity contribution in [1.82, 2.24) is 4.98 Å². The molecule has 1 heterocycles. The Morgan fingerprint density at radius 3 is 2.71 bits per heavy atom. The molecule has 0 spiro atoms. The van der Waals surface area contributed by atoms with E-state index in [1.165, 1.54) is 0 Å². The van der Waals surface area contributed by atoms with Gasteiger partial charge in [-0.1, -0.05) is 12.1 Å². The van der Waals surface area contributed by atoms with Gasteiger partial charge in [-0.15, -0.1) is 0 Å². The van der Waals surface area contributed by atoms with Crippen LogP contribution in [0.2, 0.25) is 0 Å². The van der Waals surface area contributed by atoms with Crippen molar-refractivity contribution in [3.8, 4) is 0 Å². The summed E-state index contributed by atoms with van der Waals surface area (Å²) < 4.78 is 25.7. The van der Waals surface area contributed by atoms with Crippen molar-refractivity contribution >= 4 is 5.57 Å². The second-order valence-corrected chi connectivity index (χ2v) is 3.50. The number of hydrogen-bond acceptors (Lipinski definition) is 1. The number of hydrogen-bond donors (Lipinski definition) is 0. The predicted molar refractivity (Wildman–Crippen MR) is 51.0 cm³/mol. The molecule has 0 bridgehead atoms. The quantitative estimate of drug-likeness (QED) is 0.670. The molecule has 1 nitrogen and oxygen atoms in total. The van der Waals surface area contributed by atoms with E-state index in [1.807, 2.05) is 18.2 Å². The Labute approximate surface area is 81.5 Å². The van der Waals surface area contributed by atoms with E-state index < -0.39 is 5.92 Å². The van der Waals surface area contributed by atoms with Gasteiger partial charge in [0.05, 0.1) is 5.69 Å². The van der Waals surface area contributed by atoms with E-state index in [0.29, 0.717) is 6.42 Å². The zero-order valence-electron chi connectivity index (χ0n) is 7.71. The van der Waals surface area contributed by atoms with Gasteiger partial charge in [-0.25, -0.2) is 8.78 Å². The number of alkyl halides is 2. The molecule has 2 rings (SSSR count). The van der Waals surface area contributed by atoms with Crippen molar-refractivity contribution in [2.75, 3.05) is 0 Å². The number of allylic oxidation sites excluding steroid dienone is 2. The molecule has 0 amide bonds. The van der Waals surface area contributed by atoms with Gasteiger partial charge >= 0.3 is 0 Å². The van der Waals surface area contributed by atoms with E-state index in [9.17, 15) is 8.78 Å². The standard InChI is InChI=1S/C11H11F2N/c12-11(13)6-4-9(5-7-11)10-3-1-2-8-14-10/h1-4,8H,5-7H2. The van der Waals surface area contributed by atoms with E-state index in [2.05, 4.69) is 4.98 Å². The Kier molecular flexibility index (Phi) is 2.32. The summed E-state index contributed by atoms with van der Waals surface area (Å²) in [5, 5.41) is 0. The zero-order valence-corrected chi connectivity index (χ0v) is 7.71. The van der Waals surface area contributed by atoms with Gasteiger partial charge < -0.3 is 0 Å². The maximum absolute atomic E-state index is 12.8. The molecule has 1 aromatic heterocycles. The minimum Gasteiger partial charge on any atom is -0.257 e. The van der Waals surface area contributed by atoms with Crippen LogP contribution in [0.15, 0.2) is 30.5 Å². The number of pyridine rings is 1. The topological polar surface area (TPSA) is 12.9 Å². The highest BCUT2D eigenvalue weighted by Crippen LogP contribution is 2.35. The summed E-state index contributed by atoms with van der Waals surface area (Å²) >= 11 is 0. The fourth-order valence-electron chi connectivity index (χ4n) is 1.58. The van der Waals surface area contributed by atoms with Crippen molar-refractivity contribution in [3.63, 3.8) is 0 Å². The molecule has 1 aromatic rings. The van der Waals surface area contributed by atoms with E-state index in [-0.39, 0.29) is 12.8 Å². The largest absolute Gasteiger partial charge is 0.257 e. The summed E-state index contributed by atoms with van der Waals surface area (Å²) in [5.74, 6) is -2.52. The lowest BCUT2D eigenvalue weighted by atomic mass is 9.94. The molecular formula is C11H11F2N. The maximum atomic E-state index is 12.8. The molecule has 0 atom stereocenters. The highest BCUT2D eigenvalue weighted by Gasteiger charge is 2.31. The lowest BCUT2D eigenvalue weighted by Gasteiger charge is -2.20. The van der Waals surface area contributed by atoms with Crippen LogP contribution in [-0.2, 0) is 0 Å². The first-order chi connectivity index (χ1) is 6.67. The second-order valence-electron chi connectivity index (χ2n) is 3.50. The predicted octanol–water partition coefficient (Wildman–Crippen LogP) is 3.28. The molecule has 0 aliphatic heterocycles. The maximum Gasteiger partial charge on any atom is 0.251 e. The van der Waals surface area contributed by atoms with E-state index in [4.69, 9.17) is 0 Å². The van der Waals surface area contributed by atoms with Crippen molar-refractivity contribution < 1.29 is 8.78 Å². The number of nitrogens with zero attached hydrogens (tertiary/aromatic N) is 1. The summed E-state index contributed by atoms with van der Waals surface area (Å²) in [7, 11) is 0. The molecule has 0 unspecified atom stereocenters. The Balaban J connectivity index is 2.19. The fraction of sp³-hybridized carbons (Fsp3) is 0.364. The monoisotopic (exact) mass is 195 g/mol.